The second-order valence-corrected chi connectivity index (χ2v) is 7.70. The van der Waals surface area contributed by atoms with Gasteiger partial charge in [0.15, 0.2) is 0 Å². The van der Waals surface area contributed by atoms with E-state index in [1.54, 1.807) is 12.1 Å². The fourth-order valence-corrected chi connectivity index (χ4v) is 5.14. The number of nitrogen functional groups attached to an aromatic ring is 1. The normalized spacial score (nSPS) is 21.6. The van der Waals surface area contributed by atoms with Crippen LogP contribution in [0.2, 0.25) is 0 Å². The van der Waals surface area contributed by atoms with Crippen molar-refractivity contribution >= 4 is 31.6 Å². The zero-order valence-electron chi connectivity index (χ0n) is 11.1. The molecule has 5 nitrogen and oxygen atoms in total. The molecule has 1 fully saturated rings. The van der Waals surface area contributed by atoms with Crippen LogP contribution in [0.4, 0.5) is 5.69 Å². The Morgan fingerprint density at radius 3 is 2.80 bits per heavy atom. The summed E-state index contributed by atoms with van der Waals surface area (Å²) in [5, 5.41) is 9.48. The average Bonchev–Trinajstić information content (AvgIpc) is 2.66. The lowest BCUT2D eigenvalue weighted by molar-refractivity contribution is 0.186. The van der Waals surface area contributed by atoms with E-state index in [0.717, 1.165) is 19.3 Å². The van der Waals surface area contributed by atoms with Gasteiger partial charge in [-0.05, 0) is 47.0 Å². The molecule has 0 amide bonds. The number of aliphatic hydroxyl groups is 1. The van der Waals surface area contributed by atoms with Gasteiger partial charge in [-0.15, -0.1) is 0 Å². The molecule has 1 saturated heterocycles. The molecular formula is C13H19BrN2O3S. The average molecular weight is 363 g/mol. The zero-order valence-corrected chi connectivity index (χ0v) is 13.5. The monoisotopic (exact) mass is 362 g/mol. The van der Waals surface area contributed by atoms with Gasteiger partial charge in [-0.3, -0.25) is 0 Å². The molecule has 0 aromatic heterocycles. The molecule has 1 aliphatic heterocycles. The number of rotatable bonds is 3. The summed E-state index contributed by atoms with van der Waals surface area (Å²) >= 11 is 3.27. The van der Waals surface area contributed by atoms with Crippen molar-refractivity contribution in [2.24, 2.45) is 0 Å². The summed E-state index contributed by atoms with van der Waals surface area (Å²) in [7, 11) is -3.65. The Morgan fingerprint density at radius 1 is 1.35 bits per heavy atom. The van der Waals surface area contributed by atoms with Crippen molar-refractivity contribution in [2.75, 3.05) is 18.9 Å². The molecule has 1 aromatic carbocycles. The van der Waals surface area contributed by atoms with Crippen LogP contribution in [0.3, 0.4) is 0 Å². The standard InChI is InChI=1S/C13H19BrN2O3S/c14-12-6-5-10(15)8-13(12)20(18,19)16-7-3-1-2-4-11(16)9-17/h5-6,8,11,17H,1-4,7,9,15H2. The van der Waals surface area contributed by atoms with Crippen LogP contribution >= 0.6 is 15.9 Å². The Kier molecular flexibility index (Phi) is 5.06. The number of hydrogen-bond donors (Lipinski definition) is 2. The molecule has 2 rings (SSSR count). The van der Waals surface area contributed by atoms with Crippen molar-refractivity contribution in [2.45, 2.75) is 36.6 Å². The predicted octanol–water partition coefficient (Wildman–Crippen LogP) is 1.96. The van der Waals surface area contributed by atoms with Crippen LogP contribution in [-0.4, -0.2) is 37.0 Å². The highest BCUT2D eigenvalue weighted by atomic mass is 79.9. The topological polar surface area (TPSA) is 83.6 Å². The first-order valence-corrected chi connectivity index (χ1v) is 8.88. The maximum atomic E-state index is 12.8. The van der Waals surface area contributed by atoms with E-state index in [1.165, 1.54) is 10.4 Å². The van der Waals surface area contributed by atoms with E-state index in [-0.39, 0.29) is 17.5 Å². The highest BCUT2D eigenvalue weighted by Gasteiger charge is 2.33. The molecule has 1 aliphatic rings. The van der Waals surface area contributed by atoms with E-state index in [1.807, 2.05) is 0 Å². The third-order valence-electron chi connectivity index (χ3n) is 3.58. The maximum Gasteiger partial charge on any atom is 0.244 e. The van der Waals surface area contributed by atoms with Crippen LogP contribution in [0.1, 0.15) is 25.7 Å². The van der Waals surface area contributed by atoms with Gasteiger partial charge in [0.1, 0.15) is 0 Å². The van der Waals surface area contributed by atoms with Crippen LogP contribution in [0.25, 0.3) is 0 Å². The van der Waals surface area contributed by atoms with Crippen molar-refractivity contribution in [3.63, 3.8) is 0 Å². The Hall–Kier alpha value is -0.630. The first-order chi connectivity index (χ1) is 9.46. The van der Waals surface area contributed by atoms with E-state index < -0.39 is 10.0 Å². The minimum Gasteiger partial charge on any atom is -0.399 e. The van der Waals surface area contributed by atoms with Crippen LogP contribution in [0.15, 0.2) is 27.6 Å². The second kappa shape index (κ2) is 6.43. The molecule has 1 heterocycles. The molecule has 0 bridgehead atoms. The largest absolute Gasteiger partial charge is 0.399 e. The number of nitrogens with two attached hydrogens (primary N) is 1. The molecule has 7 heteroatoms. The molecule has 0 radical (unpaired) electrons. The first kappa shape index (κ1) is 15.8. The summed E-state index contributed by atoms with van der Waals surface area (Å²) in [6.07, 6.45) is 3.43. The molecule has 3 N–H and O–H groups in total. The summed E-state index contributed by atoms with van der Waals surface area (Å²) in [4.78, 5) is 0.165. The number of benzene rings is 1. The van der Waals surface area contributed by atoms with E-state index >= 15 is 0 Å². The summed E-state index contributed by atoms with van der Waals surface area (Å²) in [5.41, 5.74) is 6.10. The van der Waals surface area contributed by atoms with Crippen molar-refractivity contribution in [1.29, 1.82) is 0 Å². The van der Waals surface area contributed by atoms with Crippen LogP contribution in [0, 0.1) is 0 Å². The van der Waals surface area contributed by atoms with Gasteiger partial charge in [-0.1, -0.05) is 12.8 Å². The fraction of sp³-hybridized carbons (Fsp3) is 0.538. The summed E-state index contributed by atoms with van der Waals surface area (Å²) in [6.45, 7) is 0.286. The summed E-state index contributed by atoms with van der Waals surface area (Å²) in [5.74, 6) is 0. The lowest BCUT2D eigenvalue weighted by atomic mass is 10.1. The first-order valence-electron chi connectivity index (χ1n) is 6.64. The van der Waals surface area contributed by atoms with Crippen LogP contribution in [-0.2, 0) is 10.0 Å². The van der Waals surface area contributed by atoms with Crippen molar-refractivity contribution in [1.82, 2.24) is 4.31 Å². The number of sulfonamides is 1. The van der Waals surface area contributed by atoms with Gasteiger partial charge in [-0.2, -0.15) is 4.31 Å². The SMILES string of the molecule is Nc1ccc(Br)c(S(=O)(=O)N2CCCCCC2CO)c1. The van der Waals surface area contributed by atoms with Crippen LogP contribution < -0.4 is 5.73 Å². The smallest absolute Gasteiger partial charge is 0.244 e. The summed E-state index contributed by atoms with van der Waals surface area (Å²) < 4.78 is 27.5. The Labute approximate surface area is 128 Å². The molecular weight excluding hydrogens is 344 g/mol. The van der Waals surface area contributed by atoms with E-state index in [9.17, 15) is 13.5 Å². The number of halogens is 1. The molecule has 1 unspecified atom stereocenters. The van der Waals surface area contributed by atoms with Gasteiger partial charge in [0.2, 0.25) is 10.0 Å². The molecule has 112 valence electrons. The van der Waals surface area contributed by atoms with Gasteiger partial charge >= 0.3 is 0 Å². The van der Waals surface area contributed by atoms with Crippen molar-refractivity contribution < 1.29 is 13.5 Å². The van der Waals surface area contributed by atoms with Gasteiger partial charge < -0.3 is 10.8 Å². The predicted molar refractivity (Wildman–Crippen MR) is 81.8 cm³/mol. The maximum absolute atomic E-state index is 12.8. The summed E-state index contributed by atoms with van der Waals surface area (Å²) in [6, 6.07) is 4.39. The lowest BCUT2D eigenvalue weighted by Gasteiger charge is -2.28. The third-order valence-corrected chi connectivity index (χ3v) is 6.52. The molecule has 1 atom stereocenters. The second-order valence-electron chi connectivity index (χ2n) is 4.99. The Morgan fingerprint density at radius 2 is 2.10 bits per heavy atom. The number of nitrogens with zero attached hydrogens (tertiary/aromatic N) is 1. The zero-order chi connectivity index (χ0) is 14.8. The molecule has 20 heavy (non-hydrogen) atoms. The molecule has 1 aromatic rings. The third kappa shape index (κ3) is 3.16. The minimum absolute atomic E-state index is 0.154. The molecule has 0 aliphatic carbocycles. The number of aliphatic hydroxyl groups excluding tert-OH is 1. The van der Waals surface area contributed by atoms with E-state index in [2.05, 4.69) is 15.9 Å². The lowest BCUT2D eigenvalue weighted by Crippen LogP contribution is -2.42. The van der Waals surface area contributed by atoms with Crippen LogP contribution in [0.5, 0.6) is 0 Å². The Balaban J connectivity index is 2.44. The number of hydrogen-bond acceptors (Lipinski definition) is 4. The van der Waals surface area contributed by atoms with Crippen molar-refractivity contribution in [3.05, 3.63) is 22.7 Å². The quantitative estimate of drug-likeness (QED) is 0.805. The van der Waals surface area contributed by atoms with Gasteiger partial charge in [0, 0.05) is 22.7 Å². The van der Waals surface area contributed by atoms with E-state index in [0.29, 0.717) is 23.1 Å². The number of anilines is 1. The minimum atomic E-state index is -3.65. The Bertz CT molecular complexity index is 577. The highest BCUT2D eigenvalue weighted by Crippen LogP contribution is 2.30. The van der Waals surface area contributed by atoms with Gasteiger partial charge in [-0.25, -0.2) is 8.42 Å². The highest BCUT2D eigenvalue weighted by molar-refractivity contribution is 9.10. The van der Waals surface area contributed by atoms with Gasteiger partial charge in [0.25, 0.3) is 0 Å². The van der Waals surface area contributed by atoms with Gasteiger partial charge in [0.05, 0.1) is 11.5 Å². The fourth-order valence-electron chi connectivity index (χ4n) is 2.49. The molecule has 0 spiro atoms. The molecule has 0 saturated carbocycles. The van der Waals surface area contributed by atoms with Crippen molar-refractivity contribution in [3.8, 4) is 0 Å². The van der Waals surface area contributed by atoms with E-state index in [4.69, 9.17) is 5.73 Å².